The van der Waals surface area contributed by atoms with E-state index < -0.39 is 0 Å². The fourth-order valence-corrected chi connectivity index (χ4v) is 5.05. The second-order valence-corrected chi connectivity index (χ2v) is 8.14. The van der Waals surface area contributed by atoms with E-state index >= 15 is 0 Å². The van der Waals surface area contributed by atoms with Gasteiger partial charge in [0.15, 0.2) is 0 Å². The molecule has 0 saturated carbocycles. The molecule has 0 aliphatic rings. The van der Waals surface area contributed by atoms with Crippen molar-refractivity contribution in [3.63, 3.8) is 0 Å². The predicted octanol–water partition coefficient (Wildman–Crippen LogP) is 3.42. The topological polar surface area (TPSA) is 29.1 Å². The number of benzene rings is 2. The molecule has 2 unspecified atom stereocenters. The number of amides is 1. The molecule has 0 aliphatic heterocycles. The third-order valence-electron chi connectivity index (χ3n) is 3.56. The summed E-state index contributed by atoms with van der Waals surface area (Å²) in [5.41, 5.74) is 0.733. The summed E-state index contributed by atoms with van der Waals surface area (Å²) in [4.78, 5) is 12.8. The van der Waals surface area contributed by atoms with Crippen molar-refractivity contribution in [3.05, 3.63) is 66.2 Å². The van der Waals surface area contributed by atoms with Gasteiger partial charge in [0, 0.05) is 0 Å². The Morgan fingerprint density at radius 2 is 1.64 bits per heavy atom. The Kier molecular flexibility index (Phi) is 6.70. The van der Waals surface area contributed by atoms with E-state index in [1.54, 1.807) is 0 Å². The first-order valence-electron chi connectivity index (χ1n) is 7.78. The van der Waals surface area contributed by atoms with Crippen molar-refractivity contribution in [2.24, 2.45) is 0 Å². The molecule has 3 heteroatoms. The first-order chi connectivity index (χ1) is 10.7. The Balaban J connectivity index is 2.00. The zero-order valence-corrected chi connectivity index (χ0v) is 14.9. The molecule has 116 valence electrons. The molecule has 0 fully saturated rings. The van der Waals surface area contributed by atoms with Crippen molar-refractivity contribution in [3.8, 4) is 0 Å². The molecule has 22 heavy (non-hydrogen) atoms. The summed E-state index contributed by atoms with van der Waals surface area (Å²) in [6.45, 7) is 4.34. The number of carbonyl (C=O) groups excluding carboxylic acids is 1. The van der Waals surface area contributed by atoms with Crippen molar-refractivity contribution in [1.82, 2.24) is 5.32 Å². The summed E-state index contributed by atoms with van der Waals surface area (Å²) in [5, 5.41) is 3.18. The molecule has 2 aromatic rings. The van der Waals surface area contributed by atoms with Crippen LogP contribution >= 0.6 is 0 Å². The van der Waals surface area contributed by atoms with Crippen molar-refractivity contribution >= 4 is 25.3 Å². The Morgan fingerprint density at radius 1 is 1.05 bits per heavy atom. The summed E-state index contributed by atoms with van der Waals surface area (Å²) < 4.78 is 1.40. The van der Waals surface area contributed by atoms with Crippen molar-refractivity contribution in [2.45, 2.75) is 37.5 Å². The maximum atomic E-state index is 12.3. The van der Waals surface area contributed by atoms with E-state index in [1.807, 2.05) is 30.3 Å². The van der Waals surface area contributed by atoms with Crippen LogP contribution in [0.15, 0.2) is 60.7 Å². The average molecular weight is 360 g/mol. The molecule has 0 saturated heterocycles. The van der Waals surface area contributed by atoms with Gasteiger partial charge in [0.05, 0.1) is 0 Å². The van der Waals surface area contributed by atoms with Crippen LogP contribution < -0.4 is 9.78 Å². The van der Waals surface area contributed by atoms with E-state index in [0.717, 1.165) is 18.4 Å². The summed E-state index contributed by atoms with van der Waals surface area (Å²) in [6.07, 6.45) is 2.29. The van der Waals surface area contributed by atoms with Crippen LogP contribution in [0.1, 0.15) is 37.0 Å². The number of nitrogens with one attached hydrogen (secondary N) is 1. The third kappa shape index (κ3) is 5.01. The van der Waals surface area contributed by atoms with Crippen LogP contribution in [0.5, 0.6) is 0 Å². The molecule has 0 aliphatic carbocycles. The molecule has 2 rings (SSSR count). The molecular weight excluding hydrogens is 337 g/mol. The van der Waals surface area contributed by atoms with E-state index in [0.29, 0.717) is 19.8 Å². The zero-order chi connectivity index (χ0) is 15.8. The van der Waals surface area contributed by atoms with Gasteiger partial charge in [0.2, 0.25) is 0 Å². The van der Waals surface area contributed by atoms with Gasteiger partial charge in [-0.2, -0.15) is 0 Å². The first kappa shape index (κ1) is 16.8. The van der Waals surface area contributed by atoms with E-state index in [-0.39, 0.29) is 11.9 Å². The van der Waals surface area contributed by atoms with Crippen molar-refractivity contribution < 1.29 is 4.79 Å². The molecule has 2 nitrogen and oxygen atoms in total. The van der Waals surface area contributed by atoms with Crippen molar-refractivity contribution in [2.75, 3.05) is 0 Å². The SMILES string of the molecule is CCCC([Se]c1ccccc1)C(C)NC(=O)c1ccccc1. The molecular formula is C19H23NOSe. The fourth-order valence-electron chi connectivity index (χ4n) is 2.34. The van der Waals surface area contributed by atoms with Gasteiger partial charge in [-0.05, 0) is 0 Å². The molecule has 0 heterocycles. The molecule has 0 bridgehead atoms. The Labute approximate surface area is 139 Å². The Bertz CT molecular complexity index is 571. The molecule has 0 radical (unpaired) electrons. The summed E-state index contributed by atoms with van der Waals surface area (Å²) >= 11 is 0.376. The van der Waals surface area contributed by atoms with Gasteiger partial charge in [-0.15, -0.1) is 0 Å². The van der Waals surface area contributed by atoms with Crippen LogP contribution in [-0.4, -0.2) is 26.9 Å². The maximum absolute atomic E-state index is 12.3. The predicted molar refractivity (Wildman–Crippen MR) is 93.9 cm³/mol. The number of hydrogen-bond acceptors (Lipinski definition) is 1. The summed E-state index contributed by atoms with van der Waals surface area (Å²) in [7, 11) is 0. The van der Waals surface area contributed by atoms with Gasteiger partial charge < -0.3 is 0 Å². The molecule has 1 N–H and O–H groups in total. The van der Waals surface area contributed by atoms with Gasteiger partial charge in [0.1, 0.15) is 0 Å². The van der Waals surface area contributed by atoms with Crippen LogP contribution in [0.3, 0.4) is 0 Å². The van der Waals surface area contributed by atoms with E-state index in [4.69, 9.17) is 0 Å². The normalized spacial score (nSPS) is 13.4. The first-order valence-corrected chi connectivity index (χ1v) is 9.63. The summed E-state index contributed by atoms with van der Waals surface area (Å²) in [6, 6.07) is 20.2. The third-order valence-corrected chi connectivity index (χ3v) is 6.68. The van der Waals surface area contributed by atoms with Crippen molar-refractivity contribution in [1.29, 1.82) is 0 Å². The Morgan fingerprint density at radius 3 is 2.23 bits per heavy atom. The summed E-state index contributed by atoms with van der Waals surface area (Å²) in [5.74, 6) is 0.0260. The molecule has 2 aromatic carbocycles. The van der Waals surface area contributed by atoms with Gasteiger partial charge in [0.25, 0.3) is 0 Å². The number of rotatable bonds is 7. The standard InChI is InChI=1S/C19H23NOSe/c1-3-10-18(22-17-13-8-5-9-14-17)15(2)20-19(21)16-11-6-4-7-12-16/h4-9,11-15,18H,3,10H2,1-2H3,(H,20,21). The van der Waals surface area contributed by atoms with Gasteiger partial charge in [-0.25, -0.2) is 0 Å². The second-order valence-electron chi connectivity index (χ2n) is 5.39. The van der Waals surface area contributed by atoms with Gasteiger partial charge >= 0.3 is 139 Å². The van der Waals surface area contributed by atoms with Crippen LogP contribution in [0.2, 0.25) is 4.82 Å². The van der Waals surface area contributed by atoms with Crippen LogP contribution in [0, 0.1) is 0 Å². The monoisotopic (exact) mass is 361 g/mol. The average Bonchev–Trinajstić information content (AvgIpc) is 2.56. The number of carbonyl (C=O) groups is 1. The fraction of sp³-hybridized carbons (Fsp3) is 0.316. The van der Waals surface area contributed by atoms with Crippen LogP contribution in [0.4, 0.5) is 0 Å². The van der Waals surface area contributed by atoms with E-state index in [1.165, 1.54) is 4.46 Å². The molecule has 2 atom stereocenters. The Hall–Kier alpha value is -1.57. The van der Waals surface area contributed by atoms with Gasteiger partial charge in [-0.1, -0.05) is 0 Å². The molecule has 0 spiro atoms. The molecule has 1 amide bonds. The zero-order valence-electron chi connectivity index (χ0n) is 13.2. The van der Waals surface area contributed by atoms with Gasteiger partial charge in [-0.3, -0.25) is 0 Å². The van der Waals surface area contributed by atoms with E-state index in [2.05, 4.69) is 49.5 Å². The minimum atomic E-state index is 0.0260. The number of hydrogen-bond donors (Lipinski definition) is 1. The van der Waals surface area contributed by atoms with E-state index in [9.17, 15) is 4.79 Å². The minimum absolute atomic E-state index is 0.0260. The van der Waals surface area contributed by atoms with Crippen LogP contribution in [-0.2, 0) is 0 Å². The quantitative estimate of drug-likeness (QED) is 0.753. The molecule has 0 aromatic heterocycles. The second kappa shape index (κ2) is 8.77. The van der Waals surface area contributed by atoms with Crippen LogP contribution in [0.25, 0.3) is 0 Å².